The molecule has 1 rings (SSSR count). The third kappa shape index (κ3) is 3.21. The molecule has 0 bridgehead atoms. The maximum absolute atomic E-state index is 11.8. The fourth-order valence-electron chi connectivity index (χ4n) is 2.52. The van der Waals surface area contributed by atoms with Crippen molar-refractivity contribution in [3.8, 4) is 0 Å². The van der Waals surface area contributed by atoms with Crippen LogP contribution >= 0.6 is 0 Å². The standard InChI is InChI=1S/C13H25NO2/c1-4-6-7-8-13(3)10-14-9-11(13)12(15)16-5-2/h11,14H,4-10H2,1-3H3. The van der Waals surface area contributed by atoms with E-state index >= 15 is 0 Å². The summed E-state index contributed by atoms with van der Waals surface area (Å²) in [7, 11) is 0. The minimum absolute atomic E-state index is 0.0218. The molecule has 0 aliphatic carbocycles. The third-order valence-electron chi connectivity index (χ3n) is 3.64. The maximum atomic E-state index is 11.8. The van der Waals surface area contributed by atoms with Crippen LogP contribution < -0.4 is 5.32 Å². The normalized spacial score (nSPS) is 29.3. The van der Waals surface area contributed by atoms with Crippen LogP contribution in [0.4, 0.5) is 0 Å². The summed E-state index contributed by atoms with van der Waals surface area (Å²) in [5.41, 5.74) is 0.0986. The van der Waals surface area contributed by atoms with Gasteiger partial charge in [-0.15, -0.1) is 0 Å². The van der Waals surface area contributed by atoms with E-state index in [1.165, 1.54) is 19.3 Å². The molecule has 3 nitrogen and oxygen atoms in total. The molecule has 1 heterocycles. The predicted molar refractivity (Wildman–Crippen MR) is 65.2 cm³/mol. The van der Waals surface area contributed by atoms with Crippen LogP contribution in [0, 0.1) is 11.3 Å². The van der Waals surface area contributed by atoms with Crippen molar-refractivity contribution in [1.29, 1.82) is 0 Å². The molecular formula is C13H25NO2. The number of nitrogens with one attached hydrogen (secondary N) is 1. The van der Waals surface area contributed by atoms with E-state index in [1.54, 1.807) is 0 Å². The summed E-state index contributed by atoms with van der Waals surface area (Å²) >= 11 is 0. The lowest BCUT2D eigenvalue weighted by Crippen LogP contribution is -2.33. The molecule has 94 valence electrons. The number of hydrogen-bond donors (Lipinski definition) is 1. The van der Waals surface area contributed by atoms with Crippen molar-refractivity contribution in [3.63, 3.8) is 0 Å². The minimum atomic E-state index is -0.0218. The van der Waals surface area contributed by atoms with Gasteiger partial charge in [0.2, 0.25) is 0 Å². The molecule has 3 heteroatoms. The van der Waals surface area contributed by atoms with Gasteiger partial charge in [0.15, 0.2) is 0 Å². The Balaban J connectivity index is 2.51. The maximum Gasteiger partial charge on any atom is 0.310 e. The van der Waals surface area contributed by atoms with Crippen molar-refractivity contribution in [3.05, 3.63) is 0 Å². The number of rotatable bonds is 6. The molecule has 16 heavy (non-hydrogen) atoms. The van der Waals surface area contributed by atoms with Crippen LogP contribution in [-0.4, -0.2) is 25.7 Å². The van der Waals surface area contributed by atoms with E-state index in [0.29, 0.717) is 6.61 Å². The lowest BCUT2D eigenvalue weighted by molar-refractivity contribution is -0.150. The van der Waals surface area contributed by atoms with E-state index in [1.807, 2.05) is 6.92 Å². The van der Waals surface area contributed by atoms with Crippen LogP contribution in [0.25, 0.3) is 0 Å². The smallest absolute Gasteiger partial charge is 0.310 e. The zero-order valence-corrected chi connectivity index (χ0v) is 10.8. The summed E-state index contributed by atoms with van der Waals surface area (Å²) in [5.74, 6) is 0.0239. The quantitative estimate of drug-likeness (QED) is 0.559. The highest BCUT2D eigenvalue weighted by molar-refractivity contribution is 5.74. The zero-order chi connectivity index (χ0) is 12.0. The fraction of sp³-hybridized carbons (Fsp3) is 0.923. The number of unbranched alkanes of at least 4 members (excludes halogenated alkanes) is 2. The second-order valence-corrected chi connectivity index (χ2v) is 5.05. The monoisotopic (exact) mass is 227 g/mol. The van der Waals surface area contributed by atoms with Crippen LogP contribution in [0.2, 0.25) is 0 Å². The summed E-state index contributed by atoms with van der Waals surface area (Å²) in [5, 5.41) is 3.33. The summed E-state index contributed by atoms with van der Waals surface area (Å²) in [6, 6.07) is 0. The summed E-state index contributed by atoms with van der Waals surface area (Å²) < 4.78 is 5.15. The van der Waals surface area contributed by atoms with Crippen molar-refractivity contribution in [2.75, 3.05) is 19.7 Å². The molecule has 0 amide bonds. The Morgan fingerprint density at radius 2 is 2.19 bits per heavy atom. The van der Waals surface area contributed by atoms with Gasteiger partial charge in [-0.3, -0.25) is 4.79 Å². The van der Waals surface area contributed by atoms with Crippen LogP contribution in [0.1, 0.15) is 46.5 Å². The SMILES string of the molecule is CCCCCC1(C)CNCC1C(=O)OCC. The van der Waals surface area contributed by atoms with Gasteiger partial charge in [-0.2, -0.15) is 0 Å². The summed E-state index contributed by atoms with van der Waals surface area (Å²) in [4.78, 5) is 11.8. The number of ether oxygens (including phenoxy) is 1. The Morgan fingerprint density at radius 1 is 1.44 bits per heavy atom. The second kappa shape index (κ2) is 6.24. The number of carbonyl (C=O) groups excluding carboxylic acids is 1. The van der Waals surface area contributed by atoms with E-state index in [-0.39, 0.29) is 17.3 Å². The Hall–Kier alpha value is -0.570. The molecular weight excluding hydrogens is 202 g/mol. The summed E-state index contributed by atoms with van der Waals surface area (Å²) in [6.07, 6.45) is 4.82. The number of carbonyl (C=O) groups is 1. The average molecular weight is 227 g/mol. The van der Waals surface area contributed by atoms with Gasteiger partial charge in [0.1, 0.15) is 0 Å². The van der Waals surface area contributed by atoms with Crippen LogP contribution in [0.3, 0.4) is 0 Å². The van der Waals surface area contributed by atoms with E-state index < -0.39 is 0 Å². The molecule has 0 spiro atoms. The van der Waals surface area contributed by atoms with Crippen molar-refractivity contribution < 1.29 is 9.53 Å². The highest BCUT2D eigenvalue weighted by Crippen LogP contribution is 2.37. The van der Waals surface area contributed by atoms with Crippen molar-refractivity contribution >= 4 is 5.97 Å². The Morgan fingerprint density at radius 3 is 2.81 bits per heavy atom. The summed E-state index contributed by atoms with van der Waals surface area (Å²) in [6.45, 7) is 8.50. The molecule has 0 aromatic carbocycles. The molecule has 1 aliphatic rings. The molecule has 1 saturated heterocycles. The molecule has 2 unspecified atom stereocenters. The lowest BCUT2D eigenvalue weighted by Gasteiger charge is -2.29. The Bertz CT molecular complexity index is 230. The first-order valence-electron chi connectivity index (χ1n) is 6.51. The molecule has 0 aromatic heterocycles. The average Bonchev–Trinajstić information content (AvgIpc) is 2.61. The first kappa shape index (κ1) is 13.5. The Labute approximate surface area is 98.9 Å². The van der Waals surface area contributed by atoms with Gasteiger partial charge in [-0.1, -0.05) is 33.1 Å². The fourth-order valence-corrected chi connectivity index (χ4v) is 2.52. The first-order valence-corrected chi connectivity index (χ1v) is 6.51. The Kier molecular flexibility index (Phi) is 5.26. The van der Waals surface area contributed by atoms with Gasteiger partial charge in [-0.25, -0.2) is 0 Å². The third-order valence-corrected chi connectivity index (χ3v) is 3.64. The van der Waals surface area contributed by atoms with Gasteiger partial charge >= 0.3 is 5.97 Å². The molecule has 0 radical (unpaired) electrons. The highest BCUT2D eigenvalue weighted by Gasteiger charge is 2.43. The number of esters is 1. The lowest BCUT2D eigenvalue weighted by atomic mass is 9.76. The molecule has 1 fully saturated rings. The van der Waals surface area contributed by atoms with E-state index in [4.69, 9.17) is 4.74 Å². The second-order valence-electron chi connectivity index (χ2n) is 5.05. The first-order chi connectivity index (χ1) is 7.64. The van der Waals surface area contributed by atoms with Gasteiger partial charge in [-0.05, 0) is 18.8 Å². The molecule has 0 aromatic rings. The van der Waals surface area contributed by atoms with E-state index in [0.717, 1.165) is 19.5 Å². The predicted octanol–water partition coefficient (Wildman–Crippen LogP) is 2.36. The van der Waals surface area contributed by atoms with Crippen LogP contribution in [-0.2, 0) is 9.53 Å². The molecule has 0 saturated carbocycles. The zero-order valence-electron chi connectivity index (χ0n) is 10.8. The molecule has 2 atom stereocenters. The molecule has 1 aliphatic heterocycles. The van der Waals surface area contributed by atoms with Gasteiger partial charge in [0.05, 0.1) is 12.5 Å². The molecule has 1 N–H and O–H groups in total. The topological polar surface area (TPSA) is 38.3 Å². The van der Waals surface area contributed by atoms with Crippen LogP contribution in [0.5, 0.6) is 0 Å². The minimum Gasteiger partial charge on any atom is -0.466 e. The van der Waals surface area contributed by atoms with Gasteiger partial charge < -0.3 is 10.1 Å². The van der Waals surface area contributed by atoms with Gasteiger partial charge in [0, 0.05) is 13.1 Å². The highest BCUT2D eigenvalue weighted by atomic mass is 16.5. The van der Waals surface area contributed by atoms with Crippen molar-refractivity contribution in [1.82, 2.24) is 5.32 Å². The largest absolute Gasteiger partial charge is 0.466 e. The van der Waals surface area contributed by atoms with Gasteiger partial charge in [0.25, 0.3) is 0 Å². The van der Waals surface area contributed by atoms with Crippen molar-refractivity contribution in [2.45, 2.75) is 46.5 Å². The van der Waals surface area contributed by atoms with E-state index in [2.05, 4.69) is 19.2 Å². The van der Waals surface area contributed by atoms with Crippen LogP contribution in [0.15, 0.2) is 0 Å². The van der Waals surface area contributed by atoms with E-state index in [9.17, 15) is 4.79 Å². The van der Waals surface area contributed by atoms with Crippen molar-refractivity contribution in [2.24, 2.45) is 11.3 Å². The number of hydrogen-bond acceptors (Lipinski definition) is 3.